The van der Waals surface area contributed by atoms with Crippen LogP contribution in [0.1, 0.15) is 30.5 Å². The van der Waals surface area contributed by atoms with Crippen LogP contribution < -0.4 is 15.0 Å². The maximum atomic E-state index is 16.1. The number of alkyl halides is 2. The minimum Gasteiger partial charge on any atom is -0.497 e. The summed E-state index contributed by atoms with van der Waals surface area (Å²) in [6.45, 7) is 3.75. The quantitative estimate of drug-likeness (QED) is 0.269. The van der Waals surface area contributed by atoms with Crippen LogP contribution in [0.2, 0.25) is 0 Å². The van der Waals surface area contributed by atoms with E-state index in [4.69, 9.17) is 4.74 Å². The standard InChI is InChI=1S/C25H24F4N4O/c1-3-4-18-14-20-23(25(28,29)32(18)17-8-10-19(34-2)11-9-17)31-33(24(20)30-16-6-7-16)22-12-5-15(26)13-21(22)27/h3,5,8-13,16,18,30H,1,4,6-7,14H2,2H3. The zero-order valence-electron chi connectivity index (χ0n) is 18.6. The highest BCUT2D eigenvalue weighted by molar-refractivity contribution is 5.62. The summed E-state index contributed by atoms with van der Waals surface area (Å²) in [6.07, 6.45) is 3.94. The van der Waals surface area contributed by atoms with Crippen molar-refractivity contribution in [3.63, 3.8) is 0 Å². The number of rotatable bonds is 7. The average molecular weight is 472 g/mol. The molecule has 178 valence electrons. The lowest BCUT2D eigenvalue weighted by molar-refractivity contribution is -0.0278. The number of benzene rings is 2. The summed E-state index contributed by atoms with van der Waals surface area (Å²) < 4.78 is 66.8. The van der Waals surface area contributed by atoms with Gasteiger partial charge in [0, 0.05) is 29.4 Å². The fraction of sp³-hybridized carbons (Fsp3) is 0.320. The van der Waals surface area contributed by atoms with Gasteiger partial charge in [0.25, 0.3) is 0 Å². The van der Waals surface area contributed by atoms with Gasteiger partial charge < -0.3 is 15.0 Å². The summed E-state index contributed by atoms with van der Waals surface area (Å²) in [5, 5.41) is 7.45. The number of hydrogen-bond acceptors (Lipinski definition) is 4. The van der Waals surface area contributed by atoms with Gasteiger partial charge >= 0.3 is 6.05 Å². The SMILES string of the molecule is C=CCC1Cc2c(nn(-c3ccc(F)cc3F)c2NC2CC2)C(F)(F)N1c1ccc(OC)cc1. The Morgan fingerprint density at radius 2 is 1.91 bits per heavy atom. The van der Waals surface area contributed by atoms with Crippen molar-refractivity contribution in [2.45, 2.75) is 43.8 Å². The number of fused-ring (bicyclic) bond motifs is 1. The van der Waals surface area contributed by atoms with Gasteiger partial charge in [-0.2, -0.15) is 13.9 Å². The van der Waals surface area contributed by atoms with Gasteiger partial charge in [-0.1, -0.05) is 6.08 Å². The fourth-order valence-electron chi connectivity index (χ4n) is 4.45. The number of aromatic nitrogens is 2. The van der Waals surface area contributed by atoms with Crippen LogP contribution in [0.4, 0.5) is 29.1 Å². The molecule has 1 saturated carbocycles. The molecule has 1 aliphatic carbocycles. The van der Waals surface area contributed by atoms with E-state index in [1.165, 1.54) is 13.2 Å². The van der Waals surface area contributed by atoms with Crippen molar-refractivity contribution in [2.75, 3.05) is 17.3 Å². The van der Waals surface area contributed by atoms with Crippen LogP contribution in [-0.2, 0) is 12.5 Å². The molecule has 1 aromatic heterocycles. The van der Waals surface area contributed by atoms with Crippen molar-refractivity contribution in [1.29, 1.82) is 0 Å². The monoisotopic (exact) mass is 472 g/mol. The highest BCUT2D eigenvalue weighted by atomic mass is 19.3. The van der Waals surface area contributed by atoms with E-state index < -0.39 is 29.4 Å². The minimum absolute atomic E-state index is 0.0916. The third-order valence-electron chi connectivity index (χ3n) is 6.22. The molecule has 0 amide bonds. The third-order valence-corrected chi connectivity index (χ3v) is 6.22. The van der Waals surface area contributed by atoms with Crippen molar-refractivity contribution in [3.05, 3.63) is 78.0 Å². The maximum absolute atomic E-state index is 16.1. The Hall–Kier alpha value is -3.49. The summed E-state index contributed by atoms with van der Waals surface area (Å²) >= 11 is 0. The zero-order valence-corrected chi connectivity index (χ0v) is 18.6. The molecule has 0 radical (unpaired) electrons. The molecular weight excluding hydrogens is 448 g/mol. The molecule has 1 fully saturated rings. The number of methoxy groups -OCH3 is 1. The molecule has 2 aliphatic rings. The van der Waals surface area contributed by atoms with E-state index in [1.807, 2.05) is 0 Å². The lowest BCUT2D eigenvalue weighted by Crippen LogP contribution is -2.51. The first-order valence-electron chi connectivity index (χ1n) is 11.1. The lowest BCUT2D eigenvalue weighted by Gasteiger charge is -2.42. The van der Waals surface area contributed by atoms with E-state index in [0.29, 0.717) is 29.2 Å². The summed E-state index contributed by atoms with van der Waals surface area (Å²) in [4.78, 5) is 1.04. The zero-order chi connectivity index (χ0) is 24.0. The van der Waals surface area contributed by atoms with Crippen LogP contribution in [0, 0.1) is 11.6 Å². The van der Waals surface area contributed by atoms with Crippen LogP contribution in [0.15, 0.2) is 55.1 Å². The molecule has 0 bridgehead atoms. The largest absolute Gasteiger partial charge is 0.497 e. The van der Waals surface area contributed by atoms with E-state index in [2.05, 4.69) is 17.0 Å². The van der Waals surface area contributed by atoms with E-state index in [-0.39, 0.29) is 18.2 Å². The summed E-state index contributed by atoms with van der Waals surface area (Å²) in [5.41, 5.74) is 0.0984. The Morgan fingerprint density at radius 3 is 2.53 bits per heavy atom. The summed E-state index contributed by atoms with van der Waals surface area (Å²) in [5.74, 6) is -0.753. The fourth-order valence-corrected chi connectivity index (χ4v) is 4.45. The number of anilines is 2. The second-order valence-corrected chi connectivity index (χ2v) is 8.59. The lowest BCUT2D eigenvalue weighted by atomic mass is 9.93. The third kappa shape index (κ3) is 3.78. The first kappa shape index (κ1) is 22.3. The van der Waals surface area contributed by atoms with Gasteiger partial charge in [-0.3, -0.25) is 0 Å². The summed E-state index contributed by atoms with van der Waals surface area (Å²) in [7, 11) is 1.51. The highest BCUT2D eigenvalue weighted by Gasteiger charge is 2.52. The van der Waals surface area contributed by atoms with E-state index in [0.717, 1.165) is 34.6 Å². The second-order valence-electron chi connectivity index (χ2n) is 8.59. The number of halogens is 4. The van der Waals surface area contributed by atoms with Crippen LogP contribution in [0.5, 0.6) is 5.75 Å². The first-order chi connectivity index (χ1) is 16.3. The minimum atomic E-state index is -3.49. The van der Waals surface area contributed by atoms with Gasteiger partial charge in [0.2, 0.25) is 0 Å². The maximum Gasteiger partial charge on any atom is 0.371 e. The van der Waals surface area contributed by atoms with E-state index in [1.54, 1.807) is 30.3 Å². The van der Waals surface area contributed by atoms with Gasteiger partial charge in [-0.25, -0.2) is 13.5 Å². The number of nitrogens with zero attached hydrogens (tertiary/aromatic N) is 3. The molecule has 5 nitrogen and oxygen atoms in total. The van der Waals surface area contributed by atoms with E-state index >= 15 is 8.78 Å². The molecule has 1 unspecified atom stereocenters. The average Bonchev–Trinajstić information content (AvgIpc) is 3.55. The smallest absolute Gasteiger partial charge is 0.371 e. The molecule has 0 spiro atoms. The molecule has 2 heterocycles. The molecule has 1 N–H and O–H groups in total. The van der Waals surface area contributed by atoms with Crippen LogP contribution in [0.3, 0.4) is 0 Å². The normalized spacial score (nSPS) is 19.0. The van der Waals surface area contributed by atoms with Gasteiger partial charge in [0.1, 0.15) is 23.1 Å². The Morgan fingerprint density at radius 1 is 1.18 bits per heavy atom. The van der Waals surface area contributed by atoms with Crippen LogP contribution >= 0.6 is 0 Å². The molecule has 3 aromatic rings. The Balaban J connectivity index is 1.67. The molecule has 1 aliphatic heterocycles. The van der Waals surface area contributed by atoms with Crippen molar-refractivity contribution in [3.8, 4) is 11.4 Å². The van der Waals surface area contributed by atoms with Crippen molar-refractivity contribution >= 4 is 11.5 Å². The second kappa shape index (κ2) is 8.38. The summed E-state index contributed by atoms with van der Waals surface area (Å²) in [6, 6.07) is 5.43. The van der Waals surface area contributed by atoms with Crippen LogP contribution in [-0.4, -0.2) is 29.0 Å². The van der Waals surface area contributed by atoms with Gasteiger partial charge in [0.15, 0.2) is 11.5 Å². The van der Waals surface area contributed by atoms with Crippen molar-refractivity contribution < 1.29 is 22.3 Å². The van der Waals surface area contributed by atoms with Crippen LogP contribution in [0.25, 0.3) is 5.69 Å². The predicted molar refractivity (Wildman–Crippen MR) is 122 cm³/mol. The van der Waals surface area contributed by atoms with Gasteiger partial charge in [0.05, 0.1) is 7.11 Å². The topological polar surface area (TPSA) is 42.3 Å². The molecule has 1 atom stereocenters. The Bertz CT molecular complexity index is 1220. The molecular formula is C25H24F4N4O. The molecule has 9 heteroatoms. The van der Waals surface area contributed by atoms with Gasteiger partial charge in [-0.15, -0.1) is 6.58 Å². The molecule has 5 rings (SSSR count). The highest BCUT2D eigenvalue weighted by Crippen LogP contribution is 2.47. The molecule has 0 saturated heterocycles. The number of hydrogen-bond donors (Lipinski definition) is 1. The first-order valence-corrected chi connectivity index (χ1v) is 11.1. The van der Waals surface area contributed by atoms with Crippen molar-refractivity contribution in [1.82, 2.24) is 9.78 Å². The number of ether oxygens (including phenoxy) is 1. The molecule has 2 aromatic carbocycles. The predicted octanol–water partition coefficient (Wildman–Crippen LogP) is 5.79. The number of nitrogens with one attached hydrogen (secondary N) is 1. The van der Waals surface area contributed by atoms with E-state index in [9.17, 15) is 8.78 Å². The Labute approximate surface area is 194 Å². The molecule has 34 heavy (non-hydrogen) atoms. The Kier molecular flexibility index (Phi) is 5.50. The van der Waals surface area contributed by atoms with Gasteiger partial charge in [-0.05, 0) is 62.1 Å². The van der Waals surface area contributed by atoms with Crippen molar-refractivity contribution in [2.24, 2.45) is 0 Å².